The smallest absolute Gasteiger partial charge is 0.251 e. The number of carbonyl (C=O) groups is 1. The highest BCUT2D eigenvalue weighted by atomic mass is 19.1. The normalized spacial score (nSPS) is 10.9. The molecule has 0 saturated carbocycles. The Morgan fingerprint density at radius 2 is 2.00 bits per heavy atom. The van der Waals surface area contributed by atoms with Gasteiger partial charge >= 0.3 is 0 Å². The second kappa shape index (κ2) is 7.27. The Morgan fingerprint density at radius 3 is 2.75 bits per heavy atom. The van der Waals surface area contributed by atoms with Gasteiger partial charge in [-0.1, -0.05) is 12.1 Å². The van der Waals surface area contributed by atoms with Crippen molar-refractivity contribution in [3.05, 3.63) is 71.2 Å². The van der Waals surface area contributed by atoms with Crippen LogP contribution in [0.3, 0.4) is 0 Å². The number of fused-ring (bicyclic) bond motifs is 1. The number of methoxy groups -OCH3 is 1. The van der Waals surface area contributed by atoms with E-state index in [0.717, 1.165) is 22.0 Å². The molecule has 0 saturated heterocycles. The lowest BCUT2D eigenvalue weighted by molar-refractivity contribution is 0.0954. The first-order valence-electron chi connectivity index (χ1n) is 7.79. The molecule has 4 nitrogen and oxygen atoms in total. The van der Waals surface area contributed by atoms with Crippen LogP contribution in [0.15, 0.2) is 48.7 Å². The minimum Gasteiger partial charge on any atom is -0.380 e. The largest absolute Gasteiger partial charge is 0.380 e. The summed E-state index contributed by atoms with van der Waals surface area (Å²) in [6, 6.07) is 12.0. The molecular weight excluding hydrogens is 307 g/mol. The number of hydrogen-bond donors (Lipinski definition) is 2. The molecule has 0 aliphatic rings. The summed E-state index contributed by atoms with van der Waals surface area (Å²) in [5.74, 6) is -0.369. The molecule has 24 heavy (non-hydrogen) atoms. The van der Waals surface area contributed by atoms with Gasteiger partial charge in [0, 0.05) is 36.3 Å². The van der Waals surface area contributed by atoms with E-state index in [0.29, 0.717) is 25.1 Å². The van der Waals surface area contributed by atoms with Gasteiger partial charge in [-0.3, -0.25) is 4.79 Å². The minimum absolute atomic E-state index is 0.107. The number of H-pyrrole nitrogens is 1. The molecule has 0 spiro atoms. The first-order valence-corrected chi connectivity index (χ1v) is 7.79. The van der Waals surface area contributed by atoms with Crippen molar-refractivity contribution in [1.29, 1.82) is 0 Å². The number of amides is 1. The minimum atomic E-state index is -0.263. The fourth-order valence-corrected chi connectivity index (χ4v) is 2.70. The number of aromatic nitrogens is 1. The van der Waals surface area contributed by atoms with Gasteiger partial charge < -0.3 is 15.0 Å². The Kier molecular flexibility index (Phi) is 4.91. The second-order valence-electron chi connectivity index (χ2n) is 5.64. The maximum absolute atomic E-state index is 13.2. The standard InChI is InChI=1S/C19H19FN2O2/c1-24-12-13-2-4-14(5-3-13)19(23)21-9-8-15-11-22-18-10-16(20)6-7-17(15)18/h2-7,10-11,22H,8-9,12H2,1H3,(H,21,23). The summed E-state index contributed by atoms with van der Waals surface area (Å²) in [6.45, 7) is 1.05. The van der Waals surface area contributed by atoms with E-state index < -0.39 is 0 Å². The number of hydrogen-bond acceptors (Lipinski definition) is 2. The number of benzene rings is 2. The van der Waals surface area contributed by atoms with E-state index in [1.165, 1.54) is 12.1 Å². The molecule has 2 aromatic carbocycles. The molecule has 124 valence electrons. The lowest BCUT2D eigenvalue weighted by Gasteiger charge is -2.06. The molecule has 0 unspecified atom stereocenters. The van der Waals surface area contributed by atoms with Crippen LogP contribution in [0.2, 0.25) is 0 Å². The summed E-state index contributed by atoms with van der Waals surface area (Å²) >= 11 is 0. The molecule has 3 aromatic rings. The Morgan fingerprint density at radius 1 is 1.21 bits per heavy atom. The third-order valence-corrected chi connectivity index (χ3v) is 3.94. The van der Waals surface area contributed by atoms with Crippen LogP contribution in [-0.4, -0.2) is 24.5 Å². The van der Waals surface area contributed by atoms with Gasteiger partial charge in [0.2, 0.25) is 0 Å². The number of nitrogens with one attached hydrogen (secondary N) is 2. The zero-order valence-electron chi connectivity index (χ0n) is 13.4. The molecule has 5 heteroatoms. The summed E-state index contributed by atoms with van der Waals surface area (Å²) in [4.78, 5) is 15.2. The van der Waals surface area contributed by atoms with Crippen molar-refractivity contribution in [2.75, 3.05) is 13.7 Å². The summed E-state index contributed by atoms with van der Waals surface area (Å²) in [6.07, 6.45) is 2.54. The lowest BCUT2D eigenvalue weighted by Crippen LogP contribution is -2.25. The van der Waals surface area contributed by atoms with Gasteiger partial charge in [0.15, 0.2) is 0 Å². The SMILES string of the molecule is COCc1ccc(C(=O)NCCc2c[nH]c3cc(F)ccc23)cc1. The highest BCUT2D eigenvalue weighted by molar-refractivity contribution is 5.94. The Hall–Kier alpha value is -2.66. The lowest BCUT2D eigenvalue weighted by atomic mass is 10.1. The van der Waals surface area contributed by atoms with E-state index in [-0.39, 0.29) is 11.7 Å². The Labute approximate surface area is 139 Å². The summed E-state index contributed by atoms with van der Waals surface area (Å²) < 4.78 is 18.2. The van der Waals surface area contributed by atoms with Crippen molar-refractivity contribution in [2.45, 2.75) is 13.0 Å². The maximum Gasteiger partial charge on any atom is 0.251 e. The number of halogens is 1. The van der Waals surface area contributed by atoms with Crippen LogP contribution in [0.1, 0.15) is 21.5 Å². The summed E-state index contributed by atoms with van der Waals surface area (Å²) in [5.41, 5.74) is 3.47. The van der Waals surface area contributed by atoms with E-state index in [4.69, 9.17) is 4.74 Å². The van der Waals surface area contributed by atoms with Crippen molar-refractivity contribution < 1.29 is 13.9 Å². The van der Waals surface area contributed by atoms with Crippen LogP contribution in [0.4, 0.5) is 4.39 Å². The number of ether oxygens (including phenoxy) is 1. The van der Waals surface area contributed by atoms with Gasteiger partial charge in [-0.2, -0.15) is 0 Å². The quantitative estimate of drug-likeness (QED) is 0.729. The van der Waals surface area contributed by atoms with Crippen molar-refractivity contribution in [3.8, 4) is 0 Å². The fourth-order valence-electron chi connectivity index (χ4n) is 2.70. The maximum atomic E-state index is 13.2. The zero-order chi connectivity index (χ0) is 16.9. The third kappa shape index (κ3) is 3.63. The molecule has 0 bridgehead atoms. The van der Waals surface area contributed by atoms with E-state index >= 15 is 0 Å². The Balaban J connectivity index is 1.58. The molecule has 0 aliphatic carbocycles. The molecule has 1 amide bonds. The van der Waals surface area contributed by atoms with Crippen LogP contribution in [0.5, 0.6) is 0 Å². The topological polar surface area (TPSA) is 54.1 Å². The van der Waals surface area contributed by atoms with Crippen LogP contribution in [0.25, 0.3) is 10.9 Å². The first-order chi connectivity index (χ1) is 11.7. The molecule has 1 heterocycles. The Bertz CT molecular complexity index is 840. The van der Waals surface area contributed by atoms with Crippen molar-refractivity contribution in [3.63, 3.8) is 0 Å². The van der Waals surface area contributed by atoms with Crippen LogP contribution < -0.4 is 5.32 Å². The first kappa shape index (κ1) is 16.2. The number of carbonyl (C=O) groups excluding carboxylic acids is 1. The van der Waals surface area contributed by atoms with Gasteiger partial charge in [0.1, 0.15) is 5.82 Å². The molecule has 3 rings (SSSR count). The molecule has 2 N–H and O–H groups in total. The van der Waals surface area contributed by atoms with Crippen molar-refractivity contribution >= 4 is 16.8 Å². The fraction of sp³-hybridized carbons (Fsp3) is 0.211. The van der Waals surface area contributed by atoms with E-state index in [1.807, 2.05) is 18.3 Å². The molecule has 1 aromatic heterocycles. The molecular formula is C19H19FN2O2. The number of aromatic amines is 1. The van der Waals surface area contributed by atoms with Gasteiger partial charge in [-0.05, 0) is 47.9 Å². The van der Waals surface area contributed by atoms with Gasteiger partial charge in [0.25, 0.3) is 5.91 Å². The van der Waals surface area contributed by atoms with Crippen molar-refractivity contribution in [2.24, 2.45) is 0 Å². The predicted octanol–water partition coefficient (Wildman–Crippen LogP) is 3.43. The zero-order valence-corrected chi connectivity index (χ0v) is 13.4. The van der Waals surface area contributed by atoms with E-state index in [9.17, 15) is 9.18 Å². The molecule has 0 fully saturated rings. The van der Waals surface area contributed by atoms with Crippen LogP contribution in [-0.2, 0) is 17.8 Å². The average molecular weight is 326 g/mol. The second-order valence-corrected chi connectivity index (χ2v) is 5.64. The average Bonchev–Trinajstić information content (AvgIpc) is 2.98. The monoisotopic (exact) mass is 326 g/mol. The van der Waals surface area contributed by atoms with Gasteiger partial charge in [-0.25, -0.2) is 4.39 Å². The van der Waals surface area contributed by atoms with Crippen LogP contribution >= 0.6 is 0 Å². The number of rotatable bonds is 6. The van der Waals surface area contributed by atoms with Crippen LogP contribution in [0, 0.1) is 5.82 Å². The van der Waals surface area contributed by atoms with E-state index in [2.05, 4.69) is 10.3 Å². The third-order valence-electron chi connectivity index (χ3n) is 3.94. The van der Waals surface area contributed by atoms with E-state index in [1.54, 1.807) is 25.3 Å². The van der Waals surface area contributed by atoms with Crippen molar-refractivity contribution in [1.82, 2.24) is 10.3 Å². The van der Waals surface area contributed by atoms with Gasteiger partial charge in [0.05, 0.1) is 6.61 Å². The summed E-state index contributed by atoms with van der Waals surface area (Å²) in [7, 11) is 1.64. The molecule has 0 radical (unpaired) electrons. The van der Waals surface area contributed by atoms with Gasteiger partial charge in [-0.15, -0.1) is 0 Å². The molecule has 0 aliphatic heterocycles. The highest BCUT2D eigenvalue weighted by Gasteiger charge is 2.07. The predicted molar refractivity (Wildman–Crippen MR) is 91.4 cm³/mol. The molecule has 0 atom stereocenters. The summed E-state index contributed by atoms with van der Waals surface area (Å²) in [5, 5.41) is 3.89. The highest BCUT2D eigenvalue weighted by Crippen LogP contribution is 2.19.